The Morgan fingerprint density at radius 1 is 1.00 bits per heavy atom. The lowest BCUT2D eigenvalue weighted by Crippen LogP contribution is -2.19. The van der Waals surface area contributed by atoms with E-state index in [9.17, 15) is 4.79 Å². The van der Waals surface area contributed by atoms with Crippen LogP contribution in [0.2, 0.25) is 0 Å². The third-order valence-electron chi connectivity index (χ3n) is 2.32. The lowest BCUT2D eigenvalue weighted by molar-refractivity contribution is -0.118. The van der Waals surface area contributed by atoms with Crippen molar-refractivity contribution in [2.24, 2.45) is 0 Å². The molecule has 1 nitrogen and oxygen atoms in total. The van der Waals surface area contributed by atoms with Crippen LogP contribution in [-0.4, -0.2) is 5.78 Å². The molecule has 0 aromatic rings. The normalized spacial score (nSPS) is 25.6. The van der Waals surface area contributed by atoms with Crippen molar-refractivity contribution >= 4 is 5.78 Å². The fraction of sp³-hybridized carbons (Fsp3) is 0.625. The molecule has 0 heterocycles. The molecule has 0 aromatic heterocycles. The fourth-order valence-electron chi connectivity index (χ4n) is 1.38. The Balaban J connectivity index is 2.19. The van der Waals surface area contributed by atoms with Gasteiger partial charge in [-0.25, -0.2) is 0 Å². The van der Waals surface area contributed by atoms with Gasteiger partial charge in [0.15, 0.2) is 5.78 Å². The zero-order valence-electron chi connectivity index (χ0n) is 5.44. The summed E-state index contributed by atoms with van der Waals surface area (Å²) in [7, 11) is 0. The molecule has 0 bridgehead atoms. The molecule has 9 heavy (non-hydrogen) atoms. The summed E-state index contributed by atoms with van der Waals surface area (Å²) in [5, 5.41) is 0. The average Bonchev–Trinajstić information content (AvgIpc) is 1.74. The van der Waals surface area contributed by atoms with E-state index in [1.807, 2.05) is 0 Å². The maximum absolute atomic E-state index is 10.8. The monoisotopic (exact) mass is 122 g/mol. The highest BCUT2D eigenvalue weighted by Gasteiger charge is 2.26. The summed E-state index contributed by atoms with van der Waals surface area (Å²) in [6, 6.07) is 0. The van der Waals surface area contributed by atoms with Crippen LogP contribution >= 0.6 is 0 Å². The second-order valence-corrected chi connectivity index (χ2v) is 2.86. The predicted octanol–water partition coefficient (Wildman–Crippen LogP) is 1.83. The number of carbonyl (C=O) groups is 1. The van der Waals surface area contributed by atoms with Crippen LogP contribution in [-0.2, 0) is 4.79 Å². The van der Waals surface area contributed by atoms with Crippen LogP contribution in [0, 0.1) is 0 Å². The van der Waals surface area contributed by atoms with Gasteiger partial charge in [0, 0.05) is 6.42 Å². The molecule has 2 fully saturated rings. The highest BCUT2D eigenvalue weighted by Crippen LogP contribution is 2.35. The third-order valence-corrected chi connectivity index (χ3v) is 2.32. The van der Waals surface area contributed by atoms with Crippen molar-refractivity contribution in [3.63, 3.8) is 0 Å². The molecule has 48 valence electrons. The SMILES string of the molecule is O=C1CCC1=C1CCC1. The molecule has 0 saturated heterocycles. The van der Waals surface area contributed by atoms with Gasteiger partial charge in [-0.05, 0) is 31.3 Å². The van der Waals surface area contributed by atoms with Crippen LogP contribution in [0.25, 0.3) is 0 Å². The third kappa shape index (κ3) is 0.640. The van der Waals surface area contributed by atoms with E-state index < -0.39 is 0 Å². The maximum Gasteiger partial charge on any atom is 0.159 e. The Kier molecular flexibility index (Phi) is 0.981. The first-order chi connectivity index (χ1) is 4.38. The molecule has 0 N–H and O–H groups in total. The van der Waals surface area contributed by atoms with Crippen LogP contribution in [0.1, 0.15) is 32.1 Å². The summed E-state index contributed by atoms with van der Waals surface area (Å²) >= 11 is 0. The molecule has 0 spiro atoms. The lowest BCUT2D eigenvalue weighted by atomic mass is 9.78. The van der Waals surface area contributed by atoms with Crippen molar-refractivity contribution in [2.45, 2.75) is 32.1 Å². The maximum atomic E-state index is 10.8. The number of carbonyl (C=O) groups excluding carboxylic acids is 1. The highest BCUT2D eigenvalue weighted by atomic mass is 16.1. The van der Waals surface area contributed by atoms with Crippen molar-refractivity contribution in [3.8, 4) is 0 Å². The largest absolute Gasteiger partial charge is 0.295 e. The Bertz CT molecular complexity index is 183. The van der Waals surface area contributed by atoms with E-state index in [4.69, 9.17) is 0 Å². The van der Waals surface area contributed by atoms with Crippen molar-refractivity contribution in [1.29, 1.82) is 0 Å². The molecule has 0 aliphatic heterocycles. The lowest BCUT2D eigenvalue weighted by Gasteiger charge is -2.26. The first-order valence-corrected chi connectivity index (χ1v) is 3.62. The zero-order chi connectivity index (χ0) is 6.27. The minimum Gasteiger partial charge on any atom is -0.295 e. The van der Waals surface area contributed by atoms with Gasteiger partial charge in [0.05, 0.1) is 0 Å². The van der Waals surface area contributed by atoms with Crippen LogP contribution in [0.3, 0.4) is 0 Å². The molecule has 0 amide bonds. The number of Topliss-reactive ketones (excluding diaryl/α,β-unsaturated/α-hetero) is 1. The molecule has 0 atom stereocenters. The summed E-state index contributed by atoms with van der Waals surface area (Å²) in [5.74, 6) is 0.421. The Morgan fingerprint density at radius 3 is 1.89 bits per heavy atom. The van der Waals surface area contributed by atoms with E-state index in [0.717, 1.165) is 12.8 Å². The number of hydrogen-bond donors (Lipinski definition) is 0. The van der Waals surface area contributed by atoms with Crippen LogP contribution in [0.15, 0.2) is 11.1 Å². The molecule has 0 aromatic carbocycles. The molecule has 0 unspecified atom stereocenters. The van der Waals surface area contributed by atoms with Crippen LogP contribution in [0.4, 0.5) is 0 Å². The smallest absolute Gasteiger partial charge is 0.159 e. The topological polar surface area (TPSA) is 17.1 Å². The molecule has 2 aliphatic rings. The molecular formula is C8H10O. The van der Waals surface area contributed by atoms with Gasteiger partial charge in [0.25, 0.3) is 0 Å². The highest BCUT2D eigenvalue weighted by molar-refractivity contribution is 6.02. The van der Waals surface area contributed by atoms with E-state index in [-0.39, 0.29) is 0 Å². The second kappa shape index (κ2) is 1.69. The van der Waals surface area contributed by atoms with Crippen molar-refractivity contribution in [3.05, 3.63) is 11.1 Å². The fourth-order valence-corrected chi connectivity index (χ4v) is 1.38. The van der Waals surface area contributed by atoms with Gasteiger partial charge in [-0.15, -0.1) is 0 Å². The number of allylic oxidation sites excluding steroid dienone is 2. The molecular weight excluding hydrogens is 112 g/mol. The van der Waals surface area contributed by atoms with E-state index in [1.165, 1.54) is 30.4 Å². The van der Waals surface area contributed by atoms with Gasteiger partial charge in [-0.2, -0.15) is 0 Å². The van der Waals surface area contributed by atoms with Crippen molar-refractivity contribution in [1.82, 2.24) is 0 Å². The van der Waals surface area contributed by atoms with E-state index in [0.29, 0.717) is 5.78 Å². The number of rotatable bonds is 0. The van der Waals surface area contributed by atoms with E-state index in [2.05, 4.69) is 0 Å². The quantitative estimate of drug-likeness (QED) is 0.448. The molecule has 2 saturated carbocycles. The minimum absolute atomic E-state index is 0.421. The standard InChI is InChI=1S/C8H10O/c9-8-5-4-7(8)6-2-1-3-6/h1-5H2. The van der Waals surface area contributed by atoms with Crippen molar-refractivity contribution in [2.75, 3.05) is 0 Å². The average molecular weight is 122 g/mol. The Labute approximate surface area is 54.8 Å². The van der Waals surface area contributed by atoms with E-state index >= 15 is 0 Å². The van der Waals surface area contributed by atoms with Gasteiger partial charge in [0.2, 0.25) is 0 Å². The Morgan fingerprint density at radius 2 is 1.78 bits per heavy atom. The number of ketones is 1. The summed E-state index contributed by atoms with van der Waals surface area (Å²) in [4.78, 5) is 10.8. The second-order valence-electron chi connectivity index (χ2n) is 2.86. The van der Waals surface area contributed by atoms with Gasteiger partial charge in [-0.3, -0.25) is 4.79 Å². The van der Waals surface area contributed by atoms with Crippen LogP contribution < -0.4 is 0 Å². The molecule has 2 rings (SSSR count). The Hall–Kier alpha value is -0.590. The van der Waals surface area contributed by atoms with Crippen molar-refractivity contribution < 1.29 is 4.79 Å². The minimum atomic E-state index is 0.421. The first-order valence-electron chi connectivity index (χ1n) is 3.62. The van der Waals surface area contributed by atoms with Gasteiger partial charge < -0.3 is 0 Å². The summed E-state index contributed by atoms with van der Waals surface area (Å²) in [5.41, 5.74) is 2.65. The van der Waals surface area contributed by atoms with Gasteiger partial charge >= 0.3 is 0 Å². The molecule has 1 heteroatoms. The van der Waals surface area contributed by atoms with Gasteiger partial charge in [-0.1, -0.05) is 5.57 Å². The summed E-state index contributed by atoms with van der Waals surface area (Å²) in [6.45, 7) is 0. The number of hydrogen-bond acceptors (Lipinski definition) is 1. The summed E-state index contributed by atoms with van der Waals surface area (Å²) < 4.78 is 0. The molecule has 2 aliphatic carbocycles. The van der Waals surface area contributed by atoms with Crippen LogP contribution in [0.5, 0.6) is 0 Å². The van der Waals surface area contributed by atoms with Gasteiger partial charge in [0.1, 0.15) is 0 Å². The summed E-state index contributed by atoms with van der Waals surface area (Å²) in [6.07, 6.45) is 5.63. The predicted molar refractivity (Wildman–Crippen MR) is 35.1 cm³/mol. The zero-order valence-corrected chi connectivity index (χ0v) is 5.44. The molecule has 0 radical (unpaired) electrons. The van der Waals surface area contributed by atoms with E-state index in [1.54, 1.807) is 0 Å². The first kappa shape index (κ1) is 5.21.